The quantitative estimate of drug-likeness (QED) is 0.166. The molecule has 0 aliphatic carbocycles. The van der Waals surface area contributed by atoms with E-state index in [9.17, 15) is 52.7 Å². The van der Waals surface area contributed by atoms with Gasteiger partial charge in [0.05, 0.1) is 91.1 Å². The number of benzene rings is 6. The Morgan fingerprint density at radius 2 is 0.786 bits per heavy atom. The van der Waals surface area contributed by atoms with Crippen LogP contribution in [0.4, 0.5) is 26.3 Å². The fourth-order valence-electron chi connectivity index (χ4n) is 7.28. The number of nitrogens with zero attached hydrogens (tertiary/aromatic N) is 7. The van der Waals surface area contributed by atoms with Crippen molar-refractivity contribution in [3.63, 3.8) is 0 Å². The summed E-state index contributed by atoms with van der Waals surface area (Å²) < 4.78 is 89.0. The first-order valence-corrected chi connectivity index (χ1v) is 16.4. The number of fused-ring (bicyclic) bond motifs is 6. The molecule has 0 radical (unpaired) electrons. The third-order valence-corrected chi connectivity index (χ3v) is 9.70. The lowest BCUT2D eigenvalue weighted by Crippen LogP contribution is -2.12. The van der Waals surface area contributed by atoms with Gasteiger partial charge in [-0.1, -0.05) is 30.3 Å². The van der Waals surface area contributed by atoms with Crippen LogP contribution in [0.15, 0.2) is 103 Å². The van der Waals surface area contributed by atoms with E-state index in [1.165, 1.54) is 45.5 Å². The summed E-state index contributed by atoms with van der Waals surface area (Å²) in [5.74, 6) is 0. The lowest BCUT2D eigenvalue weighted by Gasteiger charge is -2.21. The summed E-state index contributed by atoms with van der Waals surface area (Å²) in [6, 6.07) is 33.2. The molecule has 0 N–H and O–H groups in total. The number of rotatable bonds is 3. The predicted octanol–water partition coefficient (Wildman–Crippen LogP) is 10.9. The third-order valence-electron chi connectivity index (χ3n) is 9.70. The van der Waals surface area contributed by atoms with Crippen molar-refractivity contribution in [2.24, 2.45) is 0 Å². The number of hydrogen-bond donors (Lipinski definition) is 0. The molecular formula is C43H17F6N7. The molecule has 8 rings (SSSR count). The van der Waals surface area contributed by atoms with Crippen LogP contribution in [-0.2, 0) is 12.4 Å². The molecule has 0 atom stereocenters. The van der Waals surface area contributed by atoms with Gasteiger partial charge in [0.25, 0.3) is 0 Å². The summed E-state index contributed by atoms with van der Waals surface area (Å²) in [5, 5.41) is 52.8. The van der Waals surface area contributed by atoms with Gasteiger partial charge in [0.15, 0.2) is 0 Å². The van der Waals surface area contributed by atoms with Crippen molar-refractivity contribution >= 4 is 43.6 Å². The molecule has 2 aromatic heterocycles. The van der Waals surface area contributed by atoms with Gasteiger partial charge in [-0.25, -0.2) is 0 Å². The topological polar surface area (TPSA) is 129 Å². The van der Waals surface area contributed by atoms with Crippen LogP contribution in [-0.4, -0.2) is 9.13 Å². The first kappa shape index (κ1) is 35.0. The average Bonchev–Trinajstić information content (AvgIpc) is 3.69. The van der Waals surface area contributed by atoms with Crippen molar-refractivity contribution in [2.75, 3.05) is 0 Å². The van der Waals surface area contributed by atoms with Crippen LogP contribution in [0.2, 0.25) is 0 Å². The molecule has 0 fully saturated rings. The number of hydrogen-bond acceptors (Lipinski definition) is 5. The van der Waals surface area contributed by atoms with E-state index in [-0.39, 0.29) is 50.8 Å². The maximum atomic E-state index is 14.8. The van der Waals surface area contributed by atoms with Crippen LogP contribution >= 0.6 is 0 Å². The van der Waals surface area contributed by atoms with Gasteiger partial charge in [-0.15, -0.1) is 0 Å². The minimum absolute atomic E-state index is 0.0268. The highest BCUT2D eigenvalue weighted by Gasteiger charge is 2.39. The summed E-state index contributed by atoms with van der Waals surface area (Å²) in [6.45, 7) is 0. The Kier molecular flexibility index (Phi) is 7.83. The second kappa shape index (κ2) is 12.5. The molecule has 0 unspecified atom stereocenters. The fourth-order valence-corrected chi connectivity index (χ4v) is 7.28. The van der Waals surface area contributed by atoms with E-state index >= 15 is 0 Å². The minimum atomic E-state index is -5.27. The van der Waals surface area contributed by atoms with Gasteiger partial charge in [-0.05, 0) is 83.9 Å². The fraction of sp³-hybridized carbons (Fsp3) is 0.0465. The Hall–Kier alpha value is -8.05. The van der Waals surface area contributed by atoms with Crippen molar-refractivity contribution in [3.8, 4) is 52.8 Å². The van der Waals surface area contributed by atoms with Crippen LogP contribution in [0.25, 0.3) is 66.1 Å². The molecule has 0 bridgehead atoms. The zero-order valence-corrected chi connectivity index (χ0v) is 28.2. The number of aromatic nitrogens is 2. The average molecular weight is 746 g/mol. The predicted molar refractivity (Wildman–Crippen MR) is 194 cm³/mol. The summed E-state index contributed by atoms with van der Waals surface area (Å²) in [5.41, 5.74) is -1.96. The summed E-state index contributed by atoms with van der Waals surface area (Å²) in [7, 11) is 0. The normalized spacial score (nSPS) is 11.7. The van der Waals surface area contributed by atoms with Crippen LogP contribution < -0.4 is 0 Å². The molecule has 13 heteroatoms. The number of alkyl halides is 6. The van der Waals surface area contributed by atoms with Gasteiger partial charge >= 0.3 is 12.4 Å². The Morgan fingerprint density at radius 3 is 1.09 bits per heavy atom. The third kappa shape index (κ3) is 5.41. The molecule has 266 valence electrons. The SMILES string of the molecule is N#Cc1ccc2c3ccc(C#N)cc3n(-c3cc(-c4ccc(C(F)(F)F)cc4C(F)(F)F)cc(-n4c5cc(C#N)ccc5c5ccc(C#N)cc54)c3C#N)c2c1. The highest BCUT2D eigenvalue weighted by Crippen LogP contribution is 2.45. The molecule has 0 saturated heterocycles. The molecule has 0 amide bonds. The second-order valence-electron chi connectivity index (χ2n) is 12.8. The Morgan fingerprint density at radius 1 is 0.411 bits per heavy atom. The molecule has 0 spiro atoms. The number of halogens is 6. The summed E-state index contributed by atoms with van der Waals surface area (Å²) in [6.07, 6.45) is -10.4. The smallest absolute Gasteiger partial charge is 0.308 e. The van der Waals surface area contributed by atoms with Crippen LogP contribution in [0, 0.1) is 56.7 Å². The van der Waals surface area contributed by atoms with Crippen LogP contribution in [0.5, 0.6) is 0 Å². The Labute approximate surface area is 312 Å². The molecule has 0 aliphatic rings. The van der Waals surface area contributed by atoms with E-state index in [1.807, 2.05) is 0 Å². The van der Waals surface area contributed by atoms with Crippen molar-refractivity contribution in [2.45, 2.75) is 12.4 Å². The lowest BCUT2D eigenvalue weighted by molar-refractivity contribution is -0.142. The summed E-state index contributed by atoms with van der Waals surface area (Å²) in [4.78, 5) is 0. The highest BCUT2D eigenvalue weighted by atomic mass is 19.4. The summed E-state index contributed by atoms with van der Waals surface area (Å²) >= 11 is 0. The molecule has 0 saturated carbocycles. The molecule has 7 nitrogen and oxygen atoms in total. The van der Waals surface area contributed by atoms with E-state index in [0.29, 0.717) is 49.7 Å². The zero-order chi connectivity index (χ0) is 39.7. The van der Waals surface area contributed by atoms with Gasteiger partial charge < -0.3 is 9.13 Å². The van der Waals surface area contributed by atoms with Crippen molar-refractivity contribution in [1.82, 2.24) is 9.13 Å². The molecule has 2 heterocycles. The molecule has 6 aromatic carbocycles. The van der Waals surface area contributed by atoms with Gasteiger partial charge in [0.1, 0.15) is 11.6 Å². The van der Waals surface area contributed by atoms with Crippen LogP contribution in [0.3, 0.4) is 0 Å². The first-order chi connectivity index (χ1) is 26.8. The van der Waals surface area contributed by atoms with Gasteiger partial charge in [-0.3, -0.25) is 0 Å². The number of nitriles is 5. The zero-order valence-electron chi connectivity index (χ0n) is 28.2. The maximum absolute atomic E-state index is 14.8. The first-order valence-electron chi connectivity index (χ1n) is 16.4. The van der Waals surface area contributed by atoms with Crippen molar-refractivity contribution in [3.05, 3.63) is 142 Å². The van der Waals surface area contributed by atoms with Gasteiger partial charge in [0.2, 0.25) is 0 Å². The van der Waals surface area contributed by atoms with Gasteiger partial charge in [-0.2, -0.15) is 52.7 Å². The Balaban J connectivity index is 1.62. The highest BCUT2D eigenvalue weighted by molar-refractivity contribution is 6.12. The van der Waals surface area contributed by atoms with Gasteiger partial charge in [0, 0.05) is 21.5 Å². The van der Waals surface area contributed by atoms with E-state index in [0.717, 1.165) is 6.07 Å². The second-order valence-corrected chi connectivity index (χ2v) is 12.8. The molecule has 56 heavy (non-hydrogen) atoms. The standard InChI is InChI=1S/C43H17F6N7/c44-42(45,46)28-5-10-29(35(17-28)43(47,48)49)27-15-40(55-36-11-23(18-50)1-6-30(36)31-7-2-24(19-51)12-37(31)55)34(22-54)41(16-27)56-38-13-25(20-52)3-8-32(38)33-9-4-26(21-53)14-39(33)56/h1-17H. The van der Waals surface area contributed by atoms with E-state index < -0.39 is 29.0 Å². The van der Waals surface area contributed by atoms with Crippen molar-refractivity contribution in [1.29, 1.82) is 26.3 Å². The monoisotopic (exact) mass is 745 g/mol. The molecule has 0 aliphatic heterocycles. The molecular weight excluding hydrogens is 729 g/mol. The maximum Gasteiger partial charge on any atom is 0.417 e. The van der Waals surface area contributed by atoms with E-state index in [1.54, 1.807) is 48.5 Å². The Bertz CT molecular complexity index is 2930. The largest absolute Gasteiger partial charge is 0.417 e. The van der Waals surface area contributed by atoms with Crippen molar-refractivity contribution < 1.29 is 26.3 Å². The van der Waals surface area contributed by atoms with Crippen LogP contribution in [0.1, 0.15) is 38.9 Å². The molecule has 8 aromatic rings. The van der Waals surface area contributed by atoms with E-state index in [4.69, 9.17) is 0 Å². The van der Waals surface area contributed by atoms with E-state index in [2.05, 4.69) is 30.3 Å². The lowest BCUT2D eigenvalue weighted by atomic mass is 9.94. The minimum Gasteiger partial charge on any atom is -0.308 e.